The average molecular weight is 274 g/mol. The van der Waals surface area contributed by atoms with E-state index >= 15 is 0 Å². The van der Waals surface area contributed by atoms with Crippen LogP contribution in [0.2, 0.25) is 0 Å². The molecular formula is C15H18N2OS. The summed E-state index contributed by atoms with van der Waals surface area (Å²) in [6.45, 7) is 6.14. The molecule has 19 heavy (non-hydrogen) atoms. The molecular weight excluding hydrogens is 256 g/mol. The van der Waals surface area contributed by atoms with Crippen molar-refractivity contribution in [2.75, 3.05) is 7.11 Å². The van der Waals surface area contributed by atoms with Crippen LogP contribution in [0.3, 0.4) is 0 Å². The molecule has 0 radical (unpaired) electrons. The van der Waals surface area contributed by atoms with Gasteiger partial charge in [0.2, 0.25) is 0 Å². The lowest BCUT2D eigenvalue weighted by Gasteiger charge is -2.12. The highest BCUT2D eigenvalue weighted by atomic mass is 32.1. The maximum atomic E-state index is 5.33. The number of aryl methyl sites for hydroxylation is 2. The summed E-state index contributed by atoms with van der Waals surface area (Å²) in [6, 6.07) is 6.05. The molecule has 0 bridgehead atoms. The molecule has 0 aliphatic heterocycles. The van der Waals surface area contributed by atoms with Crippen molar-refractivity contribution in [3.63, 3.8) is 0 Å². The van der Waals surface area contributed by atoms with Crippen LogP contribution < -0.4 is 4.74 Å². The zero-order valence-electron chi connectivity index (χ0n) is 11.7. The van der Waals surface area contributed by atoms with Gasteiger partial charge in [-0.05, 0) is 37.6 Å². The van der Waals surface area contributed by atoms with Gasteiger partial charge >= 0.3 is 0 Å². The Bertz CT molecular complexity index is 662. The van der Waals surface area contributed by atoms with Crippen LogP contribution in [0, 0.1) is 18.5 Å². The number of H-pyrrole nitrogens is 1. The van der Waals surface area contributed by atoms with Gasteiger partial charge in [0.15, 0.2) is 0 Å². The molecule has 2 aromatic rings. The number of rotatable bonds is 3. The second-order valence-electron chi connectivity index (χ2n) is 4.52. The van der Waals surface area contributed by atoms with Crippen molar-refractivity contribution < 1.29 is 4.74 Å². The van der Waals surface area contributed by atoms with E-state index in [1.807, 2.05) is 19.1 Å². The van der Waals surface area contributed by atoms with E-state index in [-0.39, 0.29) is 0 Å². The quantitative estimate of drug-likeness (QED) is 0.860. The normalized spacial score (nSPS) is 10.5. The molecule has 2 rings (SSSR count). The van der Waals surface area contributed by atoms with E-state index in [2.05, 4.69) is 29.9 Å². The van der Waals surface area contributed by atoms with Crippen LogP contribution in [0.15, 0.2) is 18.2 Å². The second kappa shape index (κ2) is 5.53. The van der Waals surface area contributed by atoms with E-state index < -0.39 is 0 Å². The number of hydrogen-bond acceptors (Lipinski definition) is 3. The maximum Gasteiger partial charge on any atom is 0.133 e. The van der Waals surface area contributed by atoms with Crippen LogP contribution >= 0.6 is 12.2 Å². The first kappa shape index (κ1) is 13.7. The average Bonchev–Trinajstić information content (AvgIpc) is 2.42. The fraction of sp³-hybridized carbons (Fsp3) is 0.333. The molecule has 1 heterocycles. The van der Waals surface area contributed by atoms with Crippen LogP contribution in [0.4, 0.5) is 0 Å². The summed E-state index contributed by atoms with van der Waals surface area (Å²) in [5.74, 6) is 1.78. The van der Waals surface area contributed by atoms with Crippen LogP contribution in [-0.4, -0.2) is 17.1 Å². The number of nitrogens with zero attached hydrogens (tertiary/aromatic N) is 1. The molecule has 0 aliphatic rings. The summed E-state index contributed by atoms with van der Waals surface area (Å²) in [6.07, 6.45) is 0.839. The molecule has 0 amide bonds. The highest BCUT2D eigenvalue weighted by molar-refractivity contribution is 7.71. The molecule has 1 aromatic carbocycles. The summed E-state index contributed by atoms with van der Waals surface area (Å²) in [4.78, 5) is 7.75. The van der Waals surface area contributed by atoms with Crippen molar-refractivity contribution in [1.82, 2.24) is 9.97 Å². The number of benzene rings is 1. The Morgan fingerprint density at radius 1 is 1.32 bits per heavy atom. The highest BCUT2D eigenvalue weighted by Gasteiger charge is 2.09. The maximum absolute atomic E-state index is 5.33. The molecule has 0 fully saturated rings. The van der Waals surface area contributed by atoms with Gasteiger partial charge in [0.25, 0.3) is 0 Å². The SMILES string of the molecule is CCc1nc(=S)c(C)c(-c2ccc(OC)cc2C)[nH]1. The van der Waals surface area contributed by atoms with Crippen LogP contribution in [0.25, 0.3) is 11.3 Å². The highest BCUT2D eigenvalue weighted by Crippen LogP contribution is 2.28. The molecule has 0 unspecified atom stereocenters. The monoisotopic (exact) mass is 274 g/mol. The third-order valence-electron chi connectivity index (χ3n) is 3.24. The first-order valence-corrected chi connectivity index (χ1v) is 6.72. The standard InChI is InChI=1S/C15H18N2OS/c1-5-13-16-14(10(3)15(19)17-13)12-7-6-11(18-4)8-9(12)2/h6-8H,5H2,1-4H3,(H,16,17,19). The van der Waals surface area contributed by atoms with Gasteiger partial charge in [0.1, 0.15) is 16.2 Å². The largest absolute Gasteiger partial charge is 0.497 e. The van der Waals surface area contributed by atoms with Crippen LogP contribution in [0.5, 0.6) is 5.75 Å². The Morgan fingerprint density at radius 3 is 2.63 bits per heavy atom. The summed E-state index contributed by atoms with van der Waals surface area (Å²) in [5.41, 5.74) is 4.36. The minimum absolute atomic E-state index is 0.667. The van der Waals surface area contributed by atoms with Gasteiger partial charge < -0.3 is 9.72 Å². The van der Waals surface area contributed by atoms with Crippen molar-refractivity contribution in [3.05, 3.63) is 39.8 Å². The van der Waals surface area contributed by atoms with E-state index in [9.17, 15) is 0 Å². The molecule has 0 saturated carbocycles. The van der Waals surface area contributed by atoms with Crippen LogP contribution in [0.1, 0.15) is 23.9 Å². The van der Waals surface area contributed by atoms with Gasteiger partial charge in [-0.25, -0.2) is 4.98 Å². The molecule has 1 aromatic heterocycles. The molecule has 0 spiro atoms. The Balaban J connectivity index is 2.64. The van der Waals surface area contributed by atoms with Gasteiger partial charge in [0, 0.05) is 17.5 Å². The Labute approximate surface area is 118 Å². The first-order chi connectivity index (χ1) is 9.06. The number of hydrogen-bond donors (Lipinski definition) is 1. The van der Waals surface area contributed by atoms with Gasteiger partial charge in [-0.3, -0.25) is 0 Å². The minimum Gasteiger partial charge on any atom is -0.497 e. The lowest BCUT2D eigenvalue weighted by atomic mass is 10.0. The van der Waals surface area contributed by atoms with E-state index in [1.54, 1.807) is 7.11 Å². The molecule has 3 nitrogen and oxygen atoms in total. The zero-order chi connectivity index (χ0) is 14.0. The lowest BCUT2D eigenvalue weighted by molar-refractivity contribution is 0.414. The van der Waals surface area contributed by atoms with Gasteiger partial charge in [-0.15, -0.1) is 0 Å². The number of aromatic amines is 1. The summed E-state index contributed by atoms with van der Waals surface area (Å²) >= 11 is 5.33. The van der Waals surface area contributed by atoms with Gasteiger partial charge in [0.05, 0.1) is 12.8 Å². The molecule has 1 N–H and O–H groups in total. The van der Waals surface area contributed by atoms with Crippen molar-refractivity contribution in [2.45, 2.75) is 27.2 Å². The fourth-order valence-electron chi connectivity index (χ4n) is 2.06. The molecule has 4 heteroatoms. The van der Waals surface area contributed by atoms with Crippen molar-refractivity contribution in [3.8, 4) is 17.0 Å². The molecule has 100 valence electrons. The van der Waals surface area contributed by atoms with Crippen LogP contribution in [-0.2, 0) is 6.42 Å². The van der Waals surface area contributed by atoms with Gasteiger partial charge in [-0.1, -0.05) is 19.1 Å². The lowest BCUT2D eigenvalue weighted by Crippen LogP contribution is -2.00. The Kier molecular flexibility index (Phi) is 4.00. The summed E-state index contributed by atoms with van der Waals surface area (Å²) in [5, 5.41) is 0. The first-order valence-electron chi connectivity index (χ1n) is 6.31. The third-order valence-corrected chi connectivity index (χ3v) is 3.64. The van der Waals surface area contributed by atoms with Gasteiger partial charge in [-0.2, -0.15) is 0 Å². The third kappa shape index (κ3) is 2.68. The van der Waals surface area contributed by atoms with E-state index in [1.165, 1.54) is 0 Å². The molecule has 0 aliphatic carbocycles. The van der Waals surface area contributed by atoms with Crippen molar-refractivity contribution in [1.29, 1.82) is 0 Å². The zero-order valence-corrected chi connectivity index (χ0v) is 12.5. The van der Waals surface area contributed by atoms with Crippen molar-refractivity contribution >= 4 is 12.2 Å². The summed E-state index contributed by atoms with van der Waals surface area (Å²) in [7, 11) is 1.68. The molecule has 0 atom stereocenters. The topological polar surface area (TPSA) is 37.9 Å². The number of aromatic nitrogens is 2. The number of methoxy groups -OCH3 is 1. The smallest absolute Gasteiger partial charge is 0.133 e. The van der Waals surface area contributed by atoms with E-state index in [4.69, 9.17) is 17.0 Å². The predicted molar refractivity (Wildman–Crippen MR) is 80.3 cm³/mol. The number of ether oxygens (including phenoxy) is 1. The second-order valence-corrected chi connectivity index (χ2v) is 4.91. The Morgan fingerprint density at radius 2 is 2.05 bits per heavy atom. The predicted octanol–water partition coefficient (Wildman–Crippen LogP) is 3.99. The molecule has 0 saturated heterocycles. The van der Waals surface area contributed by atoms with E-state index in [0.717, 1.165) is 40.4 Å². The summed E-state index contributed by atoms with van der Waals surface area (Å²) < 4.78 is 5.91. The Hall–Kier alpha value is -1.68. The van der Waals surface area contributed by atoms with Crippen molar-refractivity contribution in [2.24, 2.45) is 0 Å². The fourth-order valence-corrected chi connectivity index (χ4v) is 2.27. The minimum atomic E-state index is 0.667. The number of nitrogens with one attached hydrogen (secondary N) is 1. The van der Waals surface area contributed by atoms with E-state index in [0.29, 0.717) is 4.64 Å².